The average molecular weight is 236 g/mol. The number of rotatable bonds is 3. The standard InChI is InChI=1S/C11H16N4S/c1-5-12-11-13-9(6-16-11)10-7(2)14-15(4)8(10)3/h6H,5H2,1-4H3,(H,12,13). The molecule has 5 heteroatoms. The van der Waals surface area contributed by atoms with Crippen LogP contribution in [0.1, 0.15) is 18.3 Å². The van der Waals surface area contributed by atoms with Gasteiger partial charge in [0.25, 0.3) is 0 Å². The van der Waals surface area contributed by atoms with Crippen LogP contribution in [0.5, 0.6) is 0 Å². The van der Waals surface area contributed by atoms with Gasteiger partial charge in [-0.1, -0.05) is 0 Å². The maximum atomic E-state index is 4.56. The van der Waals surface area contributed by atoms with Crippen LogP contribution < -0.4 is 5.32 Å². The minimum Gasteiger partial charge on any atom is -0.362 e. The predicted octanol–water partition coefficient (Wildman–Crippen LogP) is 2.59. The maximum absolute atomic E-state index is 4.56. The summed E-state index contributed by atoms with van der Waals surface area (Å²) in [5.74, 6) is 0. The van der Waals surface area contributed by atoms with E-state index >= 15 is 0 Å². The zero-order chi connectivity index (χ0) is 11.7. The first-order valence-corrected chi connectivity index (χ1v) is 6.21. The highest BCUT2D eigenvalue weighted by Crippen LogP contribution is 2.29. The largest absolute Gasteiger partial charge is 0.362 e. The Morgan fingerprint density at radius 2 is 2.19 bits per heavy atom. The highest BCUT2D eigenvalue weighted by molar-refractivity contribution is 7.14. The highest BCUT2D eigenvalue weighted by Gasteiger charge is 2.14. The normalized spacial score (nSPS) is 10.8. The molecule has 1 N–H and O–H groups in total. The number of aryl methyl sites for hydroxylation is 2. The van der Waals surface area contributed by atoms with Gasteiger partial charge in [0.05, 0.1) is 11.4 Å². The molecule has 0 saturated carbocycles. The lowest BCUT2D eigenvalue weighted by Crippen LogP contribution is -1.95. The van der Waals surface area contributed by atoms with Gasteiger partial charge >= 0.3 is 0 Å². The molecule has 0 aromatic carbocycles. The topological polar surface area (TPSA) is 42.7 Å². The summed E-state index contributed by atoms with van der Waals surface area (Å²) in [5.41, 5.74) is 4.37. The van der Waals surface area contributed by atoms with Crippen molar-refractivity contribution >= 4 is 16.5 Å². The van der Waals surface area contributed by atoms with Gasteiger partial charge in [0.15, 0.2) is 5.13 Å². The fourth-order valence-electron chi connectivity index (χ4n) is 1.77. The number of nitrogens with one attached hydrogen (secondary N) is 1. The number of thiazole rings is 1. The quantitative estimate of drug-likeness (QED) is 0.890. The fraction of sp³-hybridized carbons (Fsp3) is 0.455. The average Bonchev–Trinajstić information content (AvgIpc) is 2.75. The molecule has 0 aliphatic heterocycles. The minimum absolute atomic E-state index is 0.901. The van der Waals surface area contributed by atoms with E-state index in [1.807, 2.05) is 18.7 Å². The molecule has 16 heavy (non-hydrogen) atoms. The first-order chi connectivity index (χ1) is 7.63. The van der Waals surface area contributed by atoms with Crippen molar-refractivity contribution in [2.45, 2.75) is 20.8 Å². The van der Waals surface area contributed by atoms with Gasteiger partial charge in [-0.2, -0.15) is 5.10 Å². The van der Waals surface area contributed by atoms with Gasteiger partial charge in [-0.15, -0.1) is 11.3 Å². The molecule has 4 nitrogen and oxygen atoms in total. The molecule has 0 aliphatic carbocycles. The van der Waals surface area contributed by atoms with E-state index in [2.05, 4.69) is 34.6 Å². The molecule has 0 amide bonds. The number of nitrogens with zero attached hydrogens (tertiary/aromatic N) is 3. The zero-order valence-corrected chi connectivity index (χ0v) is 10.9. The third-order valence-electron chi connectivity index (χ3n) is 2.60. The zero-order valence-electron chi connectivity index (χ0n) is 10.0. The Labute approximate surface area is 99.3 Å². The summed E-state index contributed by atoms with van der Waals surface area (Å²) in [5, 5.41) is 10.7. The molecule has 0 bridgehead atoms. The van der Waals surface area contributed by atoms with Crippen molar-refractivity contribution in [1.29, 1.82) is 0 Å². The molecule has 0 atom stereocenters. The monoisotopic (exact) mass is 236 g/mol. The van der Waals surface area contributed by atoms with E-state index in [1.54, 1.807) is 11.3 Å². The molecule has 0 fully saturated rings. The Balaban J connectivity index is 2.42. The molecule has 2 rings (SSSR count). The fourth-order valence-corrected chi connectivity index (χ4v) is 2.54. The third kappa shape index (κ3) is 1.82. The van der Waals surface area contributed by atoms with E-state index in [0.29, 0.717) is 0 Å². The van der Waals surface area contributed by atoms with Crippen molar-refractivity contribution < 1.29 is 0 Å². The van der Waals surface area contributed by atoms with Gasteiger partial charge in [0, 0.05) is 30.2 Å². The van der Waals surface area contributed by atoms with Crippen molar-refractivity contribution in [2.75, 3.05) is 11.9 Å². The van der Waals surface area contributed by atoms with Crippen LogP contribution in [0.25, 0.3) is 11.3 Å². The van der Waals surface area contributed by atoms with E-state index in [9.17, 15) is 0 Å². The Morgan fingerprint density at radius 3 is 2.75 bits per heavy atom. The van der Waals surface area contributed by atoms with Crippen LogP contribution >= 0.6 is 11.3 Å². The van der Waals surface area contributed by atoms with Gasteiger partial charge in [0.2, 0.25) is 0 Å². The highest BCUT2D eigenvalue weighted by atomic mass is 32.1. The van der Waals surface area contributed by atoms with Crippen LogP contribution in [-0.2, 0) is 7.05 Å². The third-order valence-corrected chi connectivity index (χ3v) is 3.40. The van der Waals surface area contributed by atoms with Gasteiger partial charge in [-0.3, -0.25) is 4.68 Å². The summed E-state index contributed by atoms with van der Waals surface area (Å²) in [6.45, 7) is 7.07. The Hall–Kier alpha value is -1.36. The SMILES string of the molecule is CCNc1nc(-c2c(C)nn(C)c2C)cs1. The molecule has 0 spiro atoms. The van der Waals surface area contributed by atoms with Crippen LogP contribution in [0.4, 0.5) is 5.13 Å². The van der Waals surface area contributed by atoms with Crippen molar-refractivity contribution in [3.8, 4) is 11.3 Å². The van der Waals surface area contributed by atoms with Crippen LogP contribution in [0.3, 0.4) is 0 Å². The number of hydrogen-bond donors (Lipinski definition) is 1. The second-order valence-corrected chi connectivity index (χ2v) is 4.60. The minimum atomic E-state index is 0.901. The second kappa shape index (κ2) is 4.25. The molecule has 0 unspecified atom stereocenters. The predicted molar refractivity (Wildman–Crippen MR) is 68.0 cm³/mol. The molecule has 2 heterocycles. The summed E-state index contributed by atoms with van der Waals surface area (Å²) in [6, 6.07) is 0. The van der Waals surface area contributed by atoms with Crippen LogP contribution in [0.2, 0.25) is 0 Å². The molecule has 86 valence electrons. The first kappa shape index (κ1) is 11.1. The van der Waals surface area contributed by atoms with E-state index < -0.39 is 0 Å². The lowest BCUT2D eigenvalue weighted by atomic mass is 10.1. The number of aromatic nitrogens is 3. The van der Waals surface area contributed by atoms with E-state index in [0.717, 1.165) is 34.3 Å². The van der Waals surface area contributed by atoms with Crippen molar-refractivity contribution in [3.05, 3.63) is 16.8 Å². The Morgan fingerprint density at radius 1 is 1.44 bits per heavy atom. The summed E-state index contributed by atoms with van der Waals surface area (Å²) in [6.07, 6.45) is 0. The lowest BCUT2D eigenvalue weighted by Gasteiger charge is -1.97. The first-order valence-electron chi connectivity index (χ1n) is 5.33. The smallest absolute Gasteiger partial charge is 0.183 e. The van der Waals surface area contributed by atoms with Crippen LogP contribution in [-0.4, -0.2) is 21.3 Å². The molecular formula is C11H16N4S. The van der Waals surface area contributed by atoms with Crippen molar-refractivity contribution in [1.82, 2.24) is 14.8 Å². The van der Waals surface area contributed by atoms with Crippen molar-refractivity contribution in [3.63, 3.8) is 0 Å². The van der Waals surface area contributed by atoms with Gasteiger partial charge in [-0.05, 0) is 20.8 Å². The number of anilines is 1. The number of hydrogen-bond acceptors (Lipinski definition) is 4. The molecule has 2 aromatic heterocycles. The van der Waals surface area contributed by atoms with Crippen molar-refractivity contribution in [2.24, 2.45) is 7.05 Å². The van der Waals surface area contributed by atoms with Gasteiger partial charge in [-0.25, -0.2) is 4.98 Å². The van der Waals surface area contributed by atoms with E-state index in [1.165, 1.54) is 0 Å². The van der Waals surface area contributed by atoms with E-state index in [-0.39, 0.29) is 0 Å². The Bertz CT molecular complexity index is 498. The lowest BCUT2D eigenvalue weighted by molar-refractivity contribution is 0.731. The maximum Gasteiger partial charge on any atom is 0.183 e. The van der Waals surface area contributed by atoms with Crippen LogP contribution in [0, 0.1) is 13.8 Å². The Kier molecular flexibility index (Phi) is 2.96. The molecule has 0 aliphatic rings. The summed E-state index contributed by atoms with van der Waals surface area (Å²) in [7, 11) is 1.96. The van der Waals surface area contributed by atoms with Gasteiger partial charge < -0.3 is 5.32 Å². The van der Waals surface area contributed by atoms with Crippen LogP contribution in [0.15, 0.2) is 5.38 Å². The molecule has 2 aromatic rings. The summed E-state index contributed by atoms with van der Waals surface area (Å²) >= 11 is 1.64. The molecule has 0 radical (unpaired) electrons. The van der Waals surface area contributed by atoms with Gasteiger partial charge in [0.1, 0.15) is 0 Å². The summed E-state index contributed by atoms with van der Waals surface area (Å²) in [4.78, 5) is 4.56. The molecular weight excluding hydrogens is 220 g/mol. The molecule has 0 saturated heterocycles. The van der Waals surface area contributed by atoms with E-state index in [4.69, 9.17) is 0 Å². The second-order valence-electron chi connectivity index (χ2n) is 3.74. The summed E-state index contributed by atoms with van der Waals surface area (Å²) < 4.78 is 1.90.